The molecular weight excluding hydrogens is 260 g/mol. The van der Waals surface area contributed by atoms with Gasteiger partial charge in [-0.05, 0) is 12.1 Å². The molecule has 3 rings (SSSR count). The van der Waals surface area contributed by atoms with Gasteiger partial charge in [-0.15, -0.1) is 0 Å². The van der Waals surface area contributed by atoms with E-state index in [1.807, 2.05) is 0 Å². The van der Waals surface area contributed by atoms with Gasteiger partial charge in [-0.1, -0.05) is 0 Å². The van der Waals surface area contributed by atoms with Gasteiger partial charge in [0, 0.05) is 42.4 Å². The Balaban J connectivity index is 2.08. The van der Waals surface area contributed by atoms with E-state index >= 15 is 0 Å². The van der Waals surface area contributed by atoms with Crippen LogP contribution >= 0.6 is 0 Å². The quantitative estimate of drug-likeness (QED) is 0.655. The zero-order chi connectivity index (χ0) is 14.1. The zero-order valence-corrected chi connectivity index (χ0v) is 11.0. The molecule has 0 amide bonds. The van der Waals surface area contributed by atoms with Crippen molar-refractivity contribution < 1.29 is 9.66 Å². The van der Waals surface area contributed by atoms with Gasteiger partial charge >= 0.3 is 5.69 Å². The minimum atomic E-state index is -0.445. The van der Waals surface area contributed by atoms with E-state index in [0.29, 0.717) is 0 Å². The summed E-state index contributed by atoms with van der Waals surface area (Å²) in [5.41, 5.74) is 3.61. The lowest BCUT2D eigenvalue weighted by Crippen LogP contribution is -2.23. The second kappa shape index (κ2) is 4.93. The number of nitrogens with zero attached hydrogens (tertiary/aromatic N) is 2. The summed E-state index contributed by atoms with van der Waals surface area (Å²) in [5, 5.41) is 21.7. The number of fused-ring (bicyclic) bond motifs is 1. The molecule has 0 fully saturated rings. The minimum Gasteiger partial charge on any atom is -0.490 e. The van der Waals surface area contributed by atoms with E-state index in [4.69, 9.17) is 4.74 Å². The molecule has 0 saturated carbocycles. The van der Waals surface area contributed by atoms with Gasteiger partial charge in [0.1, 0.15) is 0 Å². The molecule has 1 aliphatic rings. The largest absolute Gasteiger partial charge is 0.490 e. The number of nitrogens with one attached hydrogen (secondary N) is 2. The fourth-order valence-corrected chi connectivity index (χ4v) is 2.44. The van der Waals surface area contributed by atoms with E-state index in [2.05, 4.69) is 15.5 Å². The van der Waals surface area contributed by atoms with Crippen molar-refractivity contribution in [2.45, 2.75) is 13.0 Å². The van der Waals surface area contributed by atoms with E-state index in [1.165, 1.54) is 13.2 Å². The van der Waals surface area contributed by atoms with E-state index in [1.54, 1.807) is 12.1 Å². The Kier molecular flexibility index (Phi) is 3.11. The molecule has 7 heteroatoms. The highest BCUT2D eigenvalue weighted by Crippen LogP contribution is 2.33. The Morgan fingerprint density at radius 1 is 1.45 bits per heavy atom. The third-order valence-corrected chi connectivity index (χ3v) is 3.46. The zero-order valence-electron chi connectivity index (χ0n) is 11.0. The molecule has 0 radical (unpaired) electrons. The Morgan fingerprint density at radius 3 is 3.05 bits per heavy atom. The van der Waals surface area contributed by atoms with E-state index in [9.17, 15) is 10.1 Å². The molecule has 0 aliphatic carbocycles. The van der Waals surface area contributed by atoms with Crippen LogP contribution < -0.4 is 10.1 Å². The van der Waals surface area contributed by atoms with Gasteiger partial charge in [0.25, 0.3) is 0 Å². The van der Waals surface area contributed by atoms with E-state index in [-0.39, 0.29) is 11.4 Å². The maximum absolute atomic E-state index is 11.1. The van der Waals surface area contributed by atoms with Gasteiger partial charge in [0.2, 0.25) is 0 Å². The second-order valence-corrected chi connectivity index (χ2v) is 4.60. The molecule has 2 heterocycles. The Morgan fingerprint density at radius 2 is 2.30 bits per heavy atom. The molecule has 1 aliphatic heterocycles. The maximum atomic E-state index is 11.1. The van der Waals surface area contributed by atoms with Crippen LogP contribution in [0.5, 0.6) is 5.75 Å². The summed E-state index contributed by atoms with van der Waals surface area (Å²) in [6, 6.07) is 4.89. The maximum Gasteiger partial charge on any atom is 0.311 e. The smallest absolute Gasteiger partial charge is 0.311 e. The number of methoxy groups -OCH3 is 1. The van der Waals surface area contributed by atoms with Crippen molar-refractivity contribution in [3.05, 3.63) is 39.6 Å². The topological polar surface area (TPSA) is 93.1 Å². The van der Waals surface area contributed by atoms with Crippen LogP contribution in [-0.4, -0.2) is 28.8 Å². The summed E-state index contributed by atoms with van der Waals surface area (Å²) in [6.07, 6.45) is 0.889. The summed E-state index contributed by atoms with van der Waals surface area (Å²) in [5.74, 6) is 0.251. The number of hydrogen-bond donors (Lipinski definition) is 2. The van der Waals surface area contributed by atoms with Gasteiger partial charge in [-0.3, -0.25) is 15.2 Å². The first-order chi connectivity index (χ1) is 9.70. The number of aromatic nitrogens is 2. The monoisotopic (exact) mass is 274 g/mol. The Labute approximate surface area is 115 Å². The Bertz CT molecular complexity index is 666. The van der Waals surface area contributed by atoms with Crippen molar-refractivity contribution >= 4 is 5.69 Å². The predicted octanol–water partition coefficient (Wildman–Crippen LogP) is 1.64. The highest BCUT2D eigenvalue weighted by atomic mass is 16.6. The van der Waals surface area contributed by atoms with Crippen molar-refractivity contribution in [3.8, 4) is 17.0 Å². The standard InChI is InChI=1S/C13H14N4O3/c1-20-12-3-2-8(6-11(12)17(18)19)13-9-7-14-5-4-10(9)15-16-13/h2-3,6,14H,4-5,7H2,1H3,(H,15,16). The molecule has 0 saturated heterocycles. The van der Waals surface area contributed by atoms with E-state index < -0.39 is 4.92 Å². The van der Waals surface area contributed by atoms with Gasteiger partial charge in [-0.25, -0.2) is 0 Å². The third-order valence-electron chi connectivity index (χ3n) is 3.46. The molecule has 2 aromatic rings. The molecule has 0 atom stereocenters. The Hall–Kier alpha value is -2.41. The summed E-state index contributed by atoms with van der Waals surface area (Å²) < 4.78 is 5.01. The SMILES string of the molecule is COc1ccc(-c2n[nH]c3c2CNCC3)cc1[N+](=O)[O-]. The molecule has 1 aromatic heterocycles. The fourth-order valence-electron chi connectivity index (χ4n) is 2.44. The van der Waals surface area contributed by atoms with Crippen LogP contribution in [0, 0.1) is 10.1 Å². The van der Waals surface area contributed by atoms with Gasteiger partial charge in [0.05, 0.1) is 17.7 Å². The van der Waals surface area contributed by atoms with Crippen LogP contribution in [0.15, 0.2) is 18.2 Å². The van der Waals surface area contributed by atoms with E-state index in [0.717, 1.165) is 42.0 Å². The molecular formula is C13H14N4O3. The molecule has 0 spiro atoms. The van der Waals surface area contributed by atoms with Crippen LogP contribution in [0.25, 0.3) is 11.3 Å². The van der Waals surface area contributed by atoms with Gasteiger partial charge in [0.15, 0.2) is 5.75 Å². The first-order valence-corrected chi connectivity index (χ1v) is 6.30. The van der Waals surface area contributed by atoms with Crippen molar-refractivity contribution in [2.75, 3.05) is 13.7 Å². The van der Waals surface area contributed by atoms with Crippen molar-refractivity contribution in [1.82, 2.24) is 15.5 Å². The van der Waals surface area contributed by atoms with Crippen molar-refractivity contribution in [2.24, 2.45) is 0 Å². The predicted molar refractivity (Wildman–Crippen MR) is 72.6 cm³/mol. The first-order valence-electron chi connectivity index (χ1n) is 6.30. The number of nitro groups is 1. The molecule has 0 bridgehead atoms. The lowest BCUT2D eigenvalue weighted by Gasteiger charge is -2.13. The van der Waals surface area contributed by atoms with Gasteiger partial charge < -0.3 is 10.1 Å². The third kappa shape index (κ3) is 2.01. The van der Waals surface area contributed by atoms with Crippen molar-refractivity contribution in [1.29, 1.82) is 0 Å². The van der Waals surface area contributed by atoms with Gasteiger partial charge in [-0.2, -0.15) is 5.10 Å². The highest BCUT2D eigenvalue weighted by Gasteiger charge is 2.21. The lowest BCUT2D eigenvalue weighted by atomic mass is 10.0. The normalized spacial score (nSPS) is 13.8. The first kappa shape index (κ1) is 12.6. The summed E-state index contributed by atoms with van der Waals surface area (Å²) in [4.78, 5) is 10.6. The second-order valence-electron chi connectivity index (χ2n) is 4.60. The number of rotatable bonds is 3. The number of nitro benzene ring substituents is 1. The van der Waals surface area contributed by atoms with Crippen LogP contribution in [0.3, 0.4) is 0 Å². The molecule has 104 valence electrons. The molecule has 7 nitrogen and oxygen atoms in total. The lowest BCUT2D eigenvalue weighted by molar-refractivity contribution is -0.385. The minimum absolute atomic E-state index is 0.0504. The number of H-pyrrole nitrogens is 1. The van der Waals surface area contributed by atoms with Crippen LogP contribution in [0.1, 0.15) is 11.3 Å². The summed E-state index contributed by atoms with van der Waals surface area (Å²) in [7, 11) is 1.42. The number of ether oxygens (including phenoxy) is 1. The fraction of sp³-hybridized carbons (Fsp3) is 0.308. The molecule has 0 unspecified atom stereocenters. The average Bonchev–Trinajstić information content (AvgIpc) is 2.90. The van der Waals surface area contributed by atoms with Crippen LogP contribution in [0.4, 0.5) is 5.69 Å². The number of aromatic amines is 1. The number of hydrogen-bond acceptors (Lipinski definition) is 5. The summed E-state index contributed by atoms with van der Waals surface area (Å²) >= 11 is 0. The summed E-state index contributed by atoms with van der Waals surface area (Å²) in [6.45, 7) is 1.64. The average molecular weight is 274 g/mol. The van der Waals surface area contributed by atoms with Crippen LogP contribution in [-0.2, 0) is 13.0 Å². The number of benzene rings is 1. The van der Waals surface area contributed by atoms with Crippen LogP contribution in [0.2, 0.25) is 0 Å². The molecule has 1 aromatic carbocycles. The highest BCUT2D eigenvalue weighted by molar-refractivity contribution is 5.69. The van der Waals surface area contributed by atoms with Crippen molar-refractivity contribution in [3.63, 3.8) is 0 Å². The molecule has 20 heavy (non-hydrogen) atoms. The molecule has 2 N–H and O–H groups in total.